The third kappa shape index (κ3) is 5.85. The SMILES string of the molecule is Cc1ccc(-c2cc3ccccc3cc2-n2c3ccccc3c3c(N(c4ccc(-c5ccccc5)cc4)c4ccc(-c5ccccc5)cc4)cccc32)cc1. The molecule has 0 amide bonds. The van der Waals surface area contributed by atoms with Crippen LogP contribution in [0.25, 0.3) is 71.6 Å². The summed E-state index contributed by atoms with van der Waals surface area (Å²) in [7, 11) is 0. The van der Waals surface area contributed by atoms with Crippen LogP contribution in [0, 0.1) is 6.92 Å². The van der Waals surface area contributed by atoms with Gasteiger partial charge in [0.1, 0.15) is 0 Å². The minimum Gasteiger partial charge on any atom is -0.310 e. The molecule has 1 aromatic heterocycles. The second-order valence-electron chi connectivity index (χ2n) is 14.3. The summed E-state index contributed by atoms with van der Waals surface area (Å²) in [5.41, 5.74) is 15.3. The molecule has 0 saturated heterocycles. The van der Waals surface area contributed by atoms with Crippen LogP contribution in [0.5, 0.6) is 0 Å². The van der Waals surface area contributed by atoms with E-state index in [2.05, 4.69) is 229 Å². The van der Waals surface area contributed by atoms with Gasteiger partial charge in [-0.25, -0.2) is 0 Å². The maximum Gasteiger partial charge on any atom is 0.0562 e. The maximum absolute atomic E-state index is 2.48. The van der Waals surface area contributed by atoms with E-state index in [1.165, 1.54) is 66.0 Å². The van der Waals surface area contributed by atoms with E-state index in [9.17, 15) is 0 Å². The fourth-order valence-electron chi connectivity index (χ4n) is 8.12. The molecule has 2 nitrogen and oxygen atoms in total. The average Bonchev–Trinajstić information content (AvgIpc) is 3.60. The number of para-hydroxylation sites is 1. The number of aromatic nitrogens is 1. The van der Waals surface area contributed by atoms with Crippen LogP contribution in [-0.4, -0.2) is 4.57 Å². The summed E-state index contributed by atoms with van der Waals surface area (Å²) in [6.45, 7) is 2.15. The number of nitrogens with zero attached hydrogens (tertiary/aromatic N) is 2. The molecule has 0 aliphatic carbocycles. The van der Waals surface area contributed by atoms with E-state index in [4.69, 9.17) is 0 Å². The molecule has 0 N–H and O–H groups in total. The lowest BCUT2D eigenvalue weighted by Gasteiger charge is -2.27. The van der Waals surface area contributed by atoms with E-state index in [0.717, 1.165) is 28.3 Å². The smallest absolute Gasteiger partial charge is 0.0562 e. The van der Waals surface area contributed by atoms with Crippen molar-refractivity contribution < 1.29 is 0 Å². The fourth-order valence-corrected chi connectivity index (χ4v) is 8.12. The van der Waals surface area contributed by atoms with Crippen LogP contribution in [0.2, 0.25) is 0 Å². The molecule has 0 unspecified atom stereocenters. The molecule has 1 heterocycles. The van der Waals surface area contributed by atoms with E-state index in [0.29, 0.717) is 0 Å². The summed E-state index contributed by atoms with van der Waals surface area (Å²) >= 11 is 0. The Labute approximate surface area is 321 Å². The lowest BCUT2D eigenvalue weighted by Crippen LogP contribution is -2.10. The fraction of sp³-hybridized carbons (Fsp3) is 0.0189. The first-order valence-corrected chi connectivity index (χ1v) is 18.9. The Kier molecular flexibility index (Phi) is 8.08. The van der Waals surface area contributed by atoms with Crippen LogP contribution in [-0.2, 0) is 0 Å². The minimum absolute atomic E-state index is 1.10. The van der Waals surface area contributed by atoms with Crippen molar-refractivity contribution >= 4 is 49.6 Å². The van der Waals surface area contributed by atoms with Crippen molar-refractivity contribution in [3.05, 3.63) is 218 Å². The quantitative estimate of drug-likeness (QED) is 0.160. The van der Waals surface area contributed by atoms with Crippen molar-refractivity contribution in [3.8, 4) is 39.1 Å². The van der Waals surface area contributed by atoms with Gasteiger partial charge in [-0.15, -0.1) is 0 Å². The van der Waals surface area contributed by atoms with E-state index in [1.54, 1.807) is 0 Å². The first-order chi connectivity index (χ1) is 27.2. The van der Waals surface area contributed by atoms with E-state index >= 15 is 0 Å². The van der Waals surface area contributed by atoms with Gasteiger partial charge in [-0.05, 0) is 100 Å². The van der Waals surface area contributed by atoms with E-state index in [-0.39, 0.29) is 0 Å². The standard InChI is InChI=1S/C53H38N2/c1-37-23-25-42(26-24-37)48-35-43-17-8-9-18-44(43)36-52(48)55-49-20-11-10-19-47(49)53-50(21-12-22-51(53)55)54(45-31-27-40(28-32-45)38-13-4-2-5-14-38)46-33-29-41(30-34-46)39-15-6-3-7-16-39/h2-36H,1H3. The molecule has 0 radical (unpaired) electrons. The molecule has 9 aromatic carbocycles. The van der Waals surface area contributed by atoms with Gasteiger partial charge in [-0.3, -0.25) is 0 Å². The summed E-state index contributed by atoms with van der Waals surface area (Å²) in [5, 5.41) is 4.87. The minimum atomic E-state index is 1.10. The molecule has 10 aromatic rings. The van der Waals surface area contributed by atoms with Gasteiger partial charge in [-0.1, -0.05) is 163 Å². The van der Waals surface area contributed by atoms with E-state index < -0.39 is 0 Å². The normalized spacial score (nSPS) is 11.4. The topological polar surface area (TPSA) is 8.17 Å². The van der Waals surface area contributed by atoms with Crippen LogP contribution in [0.15, 0.2) is 212 Å². The number of benzene rings is 9. The summed E-state index contributed by atoms with van der Waals surface area (Å²) in [4.78, 5) is 2.42. The highest BCUT2D eigenvalue weighted by Crippen LogP contribution is 2.46. The van der Waals surface area contributed by atoms with Crippen LogP contribution < -0.4 is 4.90 Å². The monoisotopic (exact) mass is 702 g/mol. The van der Waals surface area contributed by atoms with Crippen LogP contribution in [0.3, 0.4) is 0 Å². The Balaban J connectivity index is 1.22. The van der Waals surface area contributed by atoms with Gasteiger partial charge in [0.2, 0.25) is 0 Å². The molecule has 0 atom stereocenters. The molecule has 10 rings (SSSR count). The average molecular weight is 703 g/mol. The predicted octanol–water partition coefficient (Wildman–Crippen LogP) is 14.7. The zero-order valence-electron chi connectivity index (χ0n) is 30.6. The van der Waals surface area contributed by atoms with Gasteiger partial charge in [-0.2, -0.15) is 0 Å². The first kappa shape index (κ1) is 32.5. The third-order valence-electron chi connectivity index (χ3n) is 10.8. The van der Waals surface area contributed by atoms with Gasteiger partial charge in [0.15, 0.2) is 0 Å². The number of aryl methyl sites for hydroxylation is 1. The largest absolute Gasteiger partial charge is 0.310 e. The Morgan fingerprint density at radius 1 is 0.382 bits per heavy atom. The lowest BCUT2D eigenvalue weighted by atomic mass is 9.98. The molecule has 0 spiro atoms. The van der Waals surface area contributed by atoms with Gasteiger partial charge >= 0.3 is 0 Å². The van der Waals surface area contributed by atoms with Gasteiger partial charge in [0.25, 0.3) is 0 Å². The zero-order chi connectivity index (χ0) is 36.7. The summed E-state index contributed by atoms with van der Waals surface area (Å²) in [5.74, 6) is 0. The lowest BCUT2D eigenvalue weighted by molar-refractivity contribution is 1.19. The molecule has 0 saturated carbocycles. The van der Waals surface area contributed by atoms with Crippen LogP contribution >= 0.6 is 0 Å². The number of anilines is 3. The van der Waals surface area contributed by atoms with Crippen molar-refractivity contribution in [2.45, 2.75) is 6.92 Å². The molecule has 0 bridgehead atoms. The van der Waals surface area contributed by atoms with Crippen molar-refractivity contribution in [1.82, 2.24) is 4.57 Å². The second kappa shape index (κ2) is 13.7. The zero-order valence-corrected chi connectivity index (χ0v) is 30.6. The molecule has 0 aliphatic heterocycles. The predicted molar refractivity (Wildman–Crippen MR) is 234 cm³/mol. The summed E-state index contributed by atoms with van der Waals surface area (Å²) < 4.78 is 2.48. The highest BCUT2D eigenvalue weighted by atomic mass is 15.1. The molecular formula is C53H38N2. The second-order valence-corrected chi connectivity index (χ2v) is 14.3. The van der Waals surface area contributed by atoms with Crippen LogP contribution in [0.1, 0.15) is 5.56 Å². The third-order valence-corrected chi connectivity index (χ3v) is 10.8. The van der Waals surface area contributed by atoms with Gasteiger partial charge < -0.3 is 9.47 Å². The molecule has 55 heavy (non-hydrogen) atoms. The van der Waals surface area contributed by atoms with Gasteiger partial charge in [0.05, 0.1) is 22.4 Å². The molecule has 260 valence electrons. The molecule has 2 heteroatoms. The maximum atomic E-state index is 2.48. The van der Waals surface area contributed by atoms with Crippen molar-refractivity contribution in [2.75, 3.05) is 4.90 Å². The van der Waals surface area contributed by atoms with E-state index in [1.807, 2.05) is 0 Å². The number of hydrogen-bond acceptors (Lipinski definition) is 1. The summed E-state index contributed by atoms with van der Waals surface area (Å²) in [6.07, 6.45) is 0. The summed E-state index contributed by atoms with van der Waals surface area (Å²) in [6, 6.07) is 77.1. The highest BCUT2D eigenvalue weighted by Gasteiger charge is 2.22. The van der Waals surface area contributed by atoms with Gasteiger partial charge in [0, 0.05) is 27.7 Å². The van der Waals surface area contributed by atoms with Crippen molar-refractivity contribution in [1.29, 1.82) is 0 Å². The Morgan fingerprint density at radius 3 is 1.49 bits per heavy atom. The van der Waals surface area contributed by atoms with Crippen molar-refractivity contribution in [2.24, 2.45) is 0 Å². The number of fused-ring (bicyclic) bond motifs is 4. The molecule has 0 aliphatic rings. The Hall–Kier alpha value is -7.16. The number of rotatable bonds is 7. The van der Waals surface area contributed by atoms with Crippen molar-refractivity contribution in [3.63, 3.8) is 0 Å². The Bertz CT molecular complexity index is 2860. The molecular weight excluding hydrogens is 665 g/mol. The Morgan fingerprint density at radius 2 is 0.873 bits per heavy atom. The number of hydrogen-bond donors (Lipinski definition) is 0. The van der Waals surface area contributed by atoms with Crippen LogP contribution in [0.4, 0.5) is 17.1 Å². The first-order valence-electron chi connectivity index (χ1n) is 18.9. The highest BCUT2D eigenvalue weighted by molar-refractivity contribution is 6.17. The molecule has 0 fully saturated rings.